The Bertz CT molecular complexity index is 972. The van der Waals surface area contributed by atoms with Gasteiger partial charge in [-0.1, -0.05) is 11.6 Å². The second-order valence-corrected chi connectivity index (χ2v) is 7.57. The number of carboxylic acids is 1. The number of carbonyl (C=O) groups is 1. The van der Waals surface area contributed by atoms with Crippen LogP contribution in [-0.4, -0.2) is 33.7 Å². The number of hydrogen-bond acceptors (Lipinski definition) is 5. The number of ether oxygens (including phenoxy) is 2. The van der Waals surface area contributed by atoms with Crippen LogP contribution in [0.5, 0.6) is 11.5 Å². The number of rotatable bonds is 6. The molecule has 0 bridgehead atoms. The maximum atomic E-state index is 12.8. The first-order chi connectivity index (χ1) is 12.1. The molecule has 0 aliphatic carbocycles. The summed E-state index contributed by atoms with van der Waals surface area (Å²) in [7, 11) is -1.24. The molecular weight excluding hydrogens is 382 g/mol. The average molecular weight is 400 g/mol. The Morgan fingerprint density at radius 1 is 1.08 bits per heavy atom. The first kappa shape index (κ1) is 19.9. The molecule has 26 heavy (non-hydrogen) atoms. The van der Waals surface area contributed by atoms with Crippen molar-refractivity contribution in [2.45, 2.75) is 18.7 Å². The fourth-order valence-electron chi connectivity index (χ4n) is 2.36. The topological polar surface area (TPSA) is 102 Å². The number of benzene rings is 2. The number of carboxylic acid groups (broad SMARTS) is 1. The number of halogens is 1. The molecule has 0 radical (unpaired) electrons. The Labute approximate surface area is 156 Å². The van der Waals surface area contributed by atoms with Gasteiger partial charge in [0, 0.05) is 12.1 Å². The van der Waals surface area contributed by atoms with Crippen LogP contribution < -0.4 is 14.2 Å². The minimum atomic E-state index is -4.08. The van der Waals surface area contributed by atoms with Gasteiger partial charge in [0.2, 0.25) is 0 Å². The van der Waals surface area contributed by atoms with Crippen molar-refractivity contribution in [2.24, 2.45) is 0 Å². The van der Waals surface area contributed by atoms with Gasteiger partial charge in [-0.2, -0.15) is 0 Å². The van der Waals surface area contributed by atoms with Gasteiger partial charge in [0.05, 0.1) is 35.4 Å². The van der Waals surface area contributed by atoms with Crippen molar-refractivity contribution in [1.29, 1.82) is 0 Å². The van der Waals surface area contributed by atoms with Crippen molar-refractivity contribution in [3.05, 3.63) is 46.0 Å². The molecule has 0 saturated heterocycles. The third-order valence-electron chi connectivity index (χ3n) is 3.87. The van der Waals surface area contributed by atoms with E-state index in [2.05, 4.69) is 4.72 Å². The molecule has 0 atom stereocenters. The number of hydrogen-bond donors (Lipinski definition) is 2. The normalized spacial score (nSPS) is 11.1. The van der Waals surface area contributed by atoms with Crippen LogP contribution in [0.2, 0.25) is 5.02 Å². The minimum Gasteiger partial charge on any atom is -0.493 e. The highest BCUT2D eigenvalue weighted by Crippen LogP contribution is 2.37. The van der Waals surface area contributed by atoms with Crippen molar-refractivity contribution in [1.82, 2.24) is 0 Å². The lowest BCUT2D eigenvalue weighted by Crippen LogP contribution is -2.16. The van der Waals surface area contributed by atoms with Crippen LogP contribution in [0.4, 0.5) is 5.69 Å². The highest BCUT2D eigenvalue weighted by atomic mass is 35.5. The van der Waals surface area contributed by atoms with Gasteiger partial charge in [-0.3, -0.25) is 4.72 Å². The van der Waals surface area contributed by atoms with Crippen molar-refractivity contribution in [3.8, 4) is 11.5 Å². The fourth-order valence-corrected chi connectivity index (χ4v) is 4.03. The van der Waals surface area contributed by atoms with Crippen molar-refractivity contribution >= 4 is 33.3 Å². The van der Waals surface area contributed by atoms with Gasteiger partial charge < -0.3 is 14.6 Å². The van der Waals surface area contributed by atoms with E-state index in [0.29, 0.717) is 22.6 Å². The molecule has 0 unspecified atom stereocenters. The number of methoxy groups -OCH3 is 2. The summed E-state index contributed by atoms with van der Waals surface area (Å²) in [6.45, 7) is 3.25. The minimum absolute atomic E-state index is 0.0853. The summed E-state index contributed by atoms with van der Waals surface area (Å²) in [6, 6.07) is 5.34. The molecule has 0 amide bonds. The van der Waals surface area contributed by atoms with E-state index in [-0.39, 0.29) is 21.2 Å². The third kappa shape index (κ3) is 3.86. The SMILES string of the molecule is COc1cc(Cl)c(NS(=O)(=O)c2cc(C(=O)O)cc(C)c2C)cc1OC. The third-order valence-corrected chi connectivity index (χ3v) is 5.68. The van der Waals surface area contributed by atoms with E-state index in [9.17, 15) is 18.3 Å². The highest BCUT2D eigenvalue weighted by Gasteiger charge is 2.23. The number of anilines is 1. The molecule has 0 aliphatic rings. The standard InChI is InChI=1S/C17H18ClNO6S/c1-9-5-11(17(20)21)6-16(10(9)2)26(22,23)19-13-8-15(25-4)14(24-3)7-12(13)18/h5-8,19H,1-4H3,(H,20,21). The van der Waals surface area contributed by atoms with Crippen molar-refractivity contribution in [3.63, 3.8) is 0 Å². The summed E-state index contributed by atoms with van der Waals surface area (Å²) in [5.41, 5.74) is 0.955. The Hall–Kier alpha value is -2.45. The Morgan fingerprint density at radius 2 is 1.65 bits per heavy atom. The number of nitrogens with one attached hydrogen (secondary N) is 1. The van der Waals surface area contributed by atoms with Crippen LogP contribution >= 0.6 is 11.6 Å². The maximum absolute atomic E-state index is 12.8. The molecule has 0 fully saturated rings. The van der Waals surface area contributed by atoms with Gasteiger partial charge in [0.15, 0.2) is 11.5 Å². The predicted molar refractivity (Wildman–Crippen MR) is 98.2 cm³/mol. The quantitative estimate of drug-likeness (QED) is 0.771. The Morgan fingerprint density at radius 3 is 2.19 bits per heavy atom. The van der Waals surface area contributed by atoms with Gasteiger partial charge in [-0.15, -0.1) is 0 Å². The van der Waals surface area contributed by atoms with Crippen LogP contribution in [0.15, 0.2) is 29.2 Å². The predicted octanol–water partition coefficient (Wildman–Crippen LogP) is 3.47. The highest BCUT2D eigenvalue weighted by molar-refractivity contribution is 7.92. The molecule has 0 aliphatic heterocycles. The molecule has 0 aromatic heterocycles. The first-order valence-electron chi connectivity index (χ1n) is 7.39. The van der Waals surface area contributed by atoms with Crippen LogP contribution in [0.3, 0.4) is 0 Å². The zero-order valence-electron chi connectivity index (χ0n) is 14.6. The molecule has 2 aromatic rings. The van der Waals surface area contributed by atoms with Crippen LogP contribution in [0.25, 0.3) is 0 Å². The summed E-state index contributed by atoms with van der Waals surface area (Å²) >= 11 is 6.13. The molecule has 140 valence electrons. The van der Waals surface area contributed by atoms with Crippen molar-refractivity contribution in [2.75, 3.05) is 18.9 Å². The van der Waals surface area contributed by atoms with E-state index in [0.717, 1.165) is 6.07 Å². The van der Waals surface area contributed by atoms with E-state index >= 15 is 0 Å². The molecule has 0 saturated carbocycles. The van der Waals surface area contributed by atoms with Crippen LogP contribution in [0.1, 0.15) is 21.5 Å². The van der Waals surface area contributed by atoms with Gasteiger partial charge >= 0.3 is 5.97 Å². The van der Waals surface area contributed by atoms with Crippen LogP contribution in [-0.2, 0) is 10.0 Å². The molecule has 2 rings (SSSR count). The van der Waals surface area contributed by atoms with Crippen LogP contribution in [0, 0.1) is 13.8 Å². The van der Waals surface area contributed by atoms with E-state index in [4.69, 9.17) is 21.1 Å². The lowest BCUT2D eigenvalue weighted by molar-refractivity contribution is 0.0696. The molecule has 2 aromatic carbocycles. The van der Waals surface area contributed by atoms with Gasteiger partial charge in [0.1, 0.15) is 0 Å². The number of aryl methyl sites for hydroxylation is 1. The van der Waals surface area contributed by atoms with Gasteiger partial charge in [0.25, 0.3) is 10.0 Å². The van der Waals surface area contributed by atoms with Gasteiger partial charge in [-0.25, -0.2) is 13.2 Å². The molecule has 9 heteroatoms. The van der Waals surface area contributed by atoms with E-state index < -0.39 is 16.0 Å². The molecule has 7 nitrogen and oxygen atoms in total. The van der Waals surface area contributed by atoms with E-state index in [1.807, 2.05) is 0 Å². The fraction of sp³-hybridized carbons (Fsp3) is 0.235. The molecule has 0 heterocycles. The first-order valence-corrected chi connectivity index (χ1v) is 9.25. The summed E-state index contributed by atoms with van der Waals surface area (Å²) in [4.78, 5) is 11.1. The lowest BCUT2D eigenvalue weighted by atomic mass is 10.1. The second kappa shape index (κ2) is 7.43. The largest absolute Gasteiger partial charge is 0.493 e. The molecular formula is C17H18ClNO6S. The zero-order chi connectivity index (χ0) is 19.6. The summed E-state index contributed by atoms with van der Waals surface area (Å²) in [6.07, 6.45) is 0. The average Bonchev–Trinajstić information content (AvgIpc) is 2.57. The number of sulfonamides is 1. The van der Waals surface area contributed by atoms with E-state index in [1.54, 1.807) is 13.8 Å². The lowest BCUT2D eigenvalue weighted by Gasteiger charge is -2.16. The van der Waals surface area contributed by atoms with Gasteiger partial charge in [-0.05, 0) is 37.1 Å². The smallest absolute Gasteiger partial charge is 0.335 e. The Balaban J connectivity index is 2.55. The summed E-state index contributed by atoms with van der Waals surface area (Å²) < 4.78 is 38.3. The zero-order valence-corrected chi connectivity index (χ0v) is 16.2. The Kier molecular flexibility index (Phi) is 5.68. The second-order valence-electron chi connectivity index (χ2n) is 5.51. The molecule has 0 spiro atoms. The molecule has 2 N–H and O–H groups in total. The monoisotopic (exact) mass is 399 g/mol. The number of aromatic carboxylic acids is 1. The summed E-state index contributed by atoms with van der Waals surface area (Å²) in [5, 5.41) is 9.29. The van der Waals surface area contributed by atoms with E-state index in [1.165, 1.54) is 32.4 Å². The van der Waals surface area contributed by atoms with Crippen molar-refractivity contribution < 1.29 is 27.8 Å². The summed E-state index contributed by atoms with van der Waals surface area (Å²) in [5.74, 6) is -0.573. The maximum Gasteiger partial charge on any atom is 0.335 e.